The minimum Gasteiger partial charge on any atom is -0.384 e. The Morgan fingerprint density at radius 2 is 2.04 bits per heavy atom. The summed E-state index contributed by atoms with van der Waals surface area (Å²) in [5.74, 6) is 0. The standard InChI is InChI=1S/C13H22N4O3S.HNO3/c1-4-5-7-15-11-6-8-14-9-12(11)21(19,20)17-13(18)16-10(2)3;2-1(3)4/h6,8-10H,4-5,7H2,1-3H3,(H,14,15)(H2,16,17,18);(H,2,3,4). The zero-order valence-electron chi connectivity index (χ0n) is 14.2. The maximum absolute atomic E-state index is 12.2. The summed E-state index contributed by atoms with van der Waals surface area (Å²) >= 11 is 0. The molecule has 1 rings (SSSR count). The van der Waals surface area contributed by atoms with Crippen molar-refractivity contribution in [3.8, 4) is 0 Å². The molecule has 0 saturated carbocycles. The van der Waals surface area contributed by atoms with Gasteiger partial charge in [-0.05, 0) is 26.3 Å². The minimum atomic E-state index is -3.96. The van der Waals surface area contributed by atoms with E-state index in [1.807, 2.05) is 11.6 Å². The molecule has 12 heteroatoms. The van der Waals surface area contributed by atoms with E-state index in [4.69, 9.17) is 15.3 Å². The number of anilines is 1. The van der Waals surface area contributed by atoms with E-state index in [0.29, 0.717) is 12.2 Å². The molecule has 0 aliphatic rings. The molecule has 0 aromatic carbocycles. The molecule has 0 aliphatic heterocycles. The Labute approximate surface area is 146 Å². The summed E-state index contributed by atoms with van der Waals surface area (Å²) in [5, 5.41) is 19.2. The van der Waals surface area contributed by atoms with Crippen LogP contribution in [0.25, 0.3) is 0 Å². The lowest BCUT2D eigenvalue weighted by atomic mass is 10.3. The predicted molar refractivity (Wildman–Crippen MR) is 90.4 cm³/mol. The fourth-order valence-electron chi connectivity index (χ4n) is 1.61. The number of carbonyl (C=O) groups excluding carboxylic acids is 1. The number of nitrogens with zero attached hydrogens (tertiary/aromatic N) is 2. The third-order valence-corrected chi connectivity index (χ3v) is 3.93. The van der Waals surface area contributed by atoms with E-state index in [2.05, 4.69) is 15.6 Å². The summed E-state index contributed by atoms with van der Waals surface area (Å²) in [6, 6.07) is 0.662. The largest absolute Gasteiger partial charge is 0.384 e. The van der Waals surface area contributed by atoms with Crippen LogP contribution in [0.2, 0.25) is 0 Å². The SMILES string of the molecule is CCCCNc1ccncc1S(=O)(=O)NC(=O)NC(C)C.O=[N+]([O-])O. The predicted octanol–water partition coefficient (Wildman–Crippen LogP) is 1.34. The van der Waals surface area contributed by atoms with Gasteiger partial charge in [-0.2, -0.15) is 0 Å². The summed E-state index contributed by atoms with van der Waals surface area (Å²) in [7, 11) is -3.96. The number of nitrogens with one attached hydrogen (secondary N) is 3. The fraction of sp³-hybridized carbons (Fsp3) is 0.538. The maximum atomic E-state index is 12.2. The van der Waals surface area contributed by atoms with Gasteiger partial charge in [-0.1, -0.05) is 13.3 Å². The molecule has 142 valence electrons. The molecule has 0 atom stereocenters. The van der Waals surface area contributed by atoms with Gasteiger partial charge >= 0.3 is 6.03 Å². The molecule has 0 radical (unpaired) electrons. The Bertz CT molecular complexity index is 661. The second-order valence-corrected chi connectivity index (χ2v) is 6.77. The van der Waals surface area contributed by atoms with Crippen LogP contribution in [0.3, 0.4) is 0 Å². The van der Waals surface area contributed by atoms with E-state index in [1.54, 1.807) is 19.9 Å². The van der Waals surface area contributed by atoms with Gasteiger partial charge in [-0.25, -0.2) is 17.9 Å². The van der Waals surface area contributed by atoms with E-state index in [-0.39, 0.29) is 10.9 Å². The van der Waals surface area contributed by atoms with Gasteiger partial charge < -0.3 is 15.8 Å². The molecule has 1 aromatic heterocycles. The smallest absolute Gasteiger partial charge is 0.328 e. The number of sulfonamides is 1. The van der Waals surface area contributed by atoms with Crippen LogP contribution in [0.4, 0.5) is 10.5 Å². The highest BCUT2D eigenvalue weighted by Gasteiger charge is 2.21. The van der Waals surface area contributed by atoms with Crippen LogP contribution in [-0.2, 0) is 10.0 Å². The van der Waals surface area contributed by atoms with Crippen molar-refractivity contribution in [1.82, 2.24) is 15.0 Å². The first-order valence-electron chi connectivity index (χ1n) is 7.44. The molecule has 4 N–H and O–H groups in total. The number of hydrogen-bond donors (Lipinski definition) is 4. The molecule has 0 unspecified atom stereocenters. The molecule has 25 heavy (non-hydrogen) atoms. The number of rotatable bonds is 7. The highest BCUT2D eigenvalue weighted by atomic mass is 32.2. The molecule has 11 nitrogen and oxygen atoms in total. The molecule has 1 heterocycles. The third-order valence-electron chi connectivity index (χ3n) is 2.57. The fourth-order valence-corrected chi connectivity index (χ4v) is 2.65. The Morgan fingerprint density at radius 1 is 1.44 bits per heavy atom. The quantitative estimate of drug-likeness (QED) is 0.314. The monoisotopic (exact) mass is 377 g/mol. The van der Waals surface area contributed by atoms with E-state index < -0.39 is 21.1 Å². The first-order chi connectivity index (χ1) is 11.6. The molecule has 0 spiro atoms. The van der Waals surface area contributed by atoms with E-state index in [9.17, 15) is 13.2 Å². The lowest BCUT2D eigenvalue weighted by Gasteiger charge is -2.14. The second-order valence-electron chi connectivity index (χ2n) is 5.12. The van der Waals surface area contributed by atoms with Crippen LogP contribution in [0.5, 0.6) is 0 Å². The van der Waals surface area contributed by atoms with Gasteiger partial charge in [0.15, 0.2) is 0 Å². The topological polar surface area (TPSA) is 164 Å². The van der Waals surface area contributed by atoms with Crippen LogP contribution < -0.4 is 15.4 Å². The summed E-state index contributed by atoms with van der Waals surface area (Å²) in [6.45, 7) is 6.19. The lowest BCUT2D eigenvalue weighted by Crippen LogP contribution is -2.42. The number of urea groups is 1. The van der Waals surface area contributed by atoms with E-state index in [1.165, 1.54) is 12.4 Å². The van der Waals surface area contributed by atoms with Crippen molar-refractivity contribution in [3.63, 3.8) is 0 Å². The number of unbranched alkanes of at least 4 members (excludes halogenated alkanes) is 1. The summed E-state index contributed by atoms with van der Waals surface area (Å²) in [5.41, 5.74) is 0.434. The van der Waals surface area contributed by atoms with Gasteiger partial charge in [0.1, 0.15) is 4.90 Å². The Kier molecular flexibility index (Phi) is 9.86. The van der Waals surface area contributed by atoms with Crippen molar-refractivity contribution >= 4 is 21.7 Å². The number of hydrogen-bond acceptors (Lipinski definition) is 7. The second kappa shape index (κ2) is 11.0. The van der Waals surface area contributed by atoms with E-state index in [0.717, 1.165) is 12.8 Å². The van der Waals surface area contributed by atoms with Gasteiger partial charge in [-0.15, -0.1) is 10.1 Å². The van der Waals surface area contributed by atoms with Gasteiger partial charge in [0.2, 0.25) is 0 Å². The minimum absolute atomic E-state index is 0.0417. The van der Waals surface area contributed by atoms with Crippen molar-refractivity contribution in [2.45, 2.75) is 44.6 Å². The van der Waals surface area contributed by atoms with Crippen LogP contribution in [-0.4, -0.2) is 42.3 Å². The first kappa shape index (κ1) is 22.4. The molecular weight excluding hydrogens is 354 g/mol. The zero-order chi connectivity index (χ0) is 19.5. The number of carbonyl (C=O) groups is 1. The van der Waals surface area contributed by atoms with Gasteiger partial charge in [0.05, 0.1) is 5.69 Å². The van der Waals surface area contributed by atoms with Crippen LogP contribution in [0.15, 0.2) is 23.4 Å². The van der Waals surface area contributed by atoms with Crippen LogP contribution in [0, 0.1) is 10.1 Å². The van der Waals surface area contributed by atoms with Crippen LogP contribution in [0.1, 0.15) is 33.6 Å². The first-order valence-corrected chi connectivity index (χ1v) is 8.93. The average Bonchev–Trinajstić information content (AvgIpc) is 2.45. The van der Waals surface area contributed by atoms with Crippen molar-refractivity contribution in [2.75, 3.05) is 11.9 Å². The molecule has 0 saturated heterocycles. The van der Waals surface area contributed by atoms with Gasteiger partial charge in [0, 0.05) is 25.0 Å². The summed E-state index contributed by atoms with van der Waals surface area (Å²) in [4.78, 5) is 23.7. The van der Waals surface area contributed by atoms with Crippen molar-refractivity contribution in [2.24, 2.45) is 0 Å². The molecule has 0 fully saturated rings. The normalized spacial score (nSPS) is 10.4. The van der Waals surface area contributed by atoms with Crippen molar-refractivity contribution in [3.05, 3.63) is 28.6 Å². The number of pyridine rings is 1. The molecule has 1 aromatic rings. The Balaban J connectivity index is 0.00000129. The highest BCUT2D eigenvalue weighted by Crippen LogP contribution is 2.19. The third kappa shape index (κ3) is 9.96. The zero-order valence-corrected chi connectivity index (χ0v) is 15.0. The average molecular weight is 377 g/mol. The maximum Gasteiger partial charge on any atom is 0.328 e. The number of aromatic nitrogens is 1. The molecular formula is C13H23N5O6S. The Hall–Kier alpha value is -2.63. The summed E-state index contributed by atoms with van der Waals surface area (Å²) < 4.78 is 26.4. The Morgan fingerprint density at radius 3 is 2.56 bits per heavy atom. The molecule has 2 amide bonds. The van der Waals surface area contributed by atoms with E-state index >= 15 is 0 Å². The van der Waals surface area contributed by atoms with Crippen molar-refractivity contribution < 1.29 is 23.5 Å². The summed E-state index contributed by atoms with van der Waals surface area (Å²) in [6.07, 6.45) is 4.64. The number of amides is 2. The molecule has 0 bridgehead atoms. The van der Waals surface area contributed by atoms with Crippen molar-refractivity contribution in [1.29, 1.82) is 0 Å². The highest BCUT2D eigenvalue weighted by molar-refractivity contribution is 7.90. The van der Waals surface area contributed by atoms with Crippen LogP contribution >= 0.6 is 0 Å². The van der Waals surface area contributed by atoms with Gasteiger partial charge in [0.25, 0.3) is 15.1 Å². The molecule has 0 aliphatic carbocycles. The lowest BCUT2D eigenvalue weighted by molar-refractivity contribution is -0.742. The van der Waals surface area contributed by atoms with Gasteiger partial charge in [-0.3, -0.25) is 4.98 Å².